The van der Waals surface area contributed by atoms with Crippen LogP contribution in [-0.4, -0.2) is 70.8 Å². The number of aryl methyl sites for hydroxylation is 1. The van der Waals surface area contributed by atoms with Crippen molar-refractivity contribution in [3.8, 4) is 22.8 Å². The SMILES string of the molecule is Cc1c(-c2ccnc(N3CCN(Cc4ccccc4)CC3)n2)nnc2nc(-c3cccnc3)nn12. The highest BCUT2D eigenvalue weighted by molar-refractivity contribution is 5.60. The third-order valence-corrected chi connectivity index (χ3v) is 6.20. The standard InChI is InChI=1S/C25H24N10/c1-18-22(30-31-25-29-23(32-35(18)25)20-8-5-10-26-16-20)21-9-11-27-24(28-21)34-14-12-33(13-15-34)17-19-6-3-2-4-7-19/h2-11,16H,12-15,17H2,1H3. The van der Waals surface area contributed by atoms with E-state index in [4.69, 9.17) is 4.98 Å². The van der Waals surface area contributed by atoms with Crippen molar-refractivity contribution < 1.29 is 0 Å². The third kappa shape index (κ3) is 4.31. The van der Waals surface area contributed by atoms with E-state index in [9.17, 15) is 0 Å². The molecule has 0 radical (unpaired) electrons. The molecule has 0 spiro atoms. The first kappa shape index (κ1) is 21.2. The Bertz CT molecular complexity index is 1440. The Morgan fingerprint density at radius 1 is 0.857 bits per heavy atom. The summed E-state index contributed by atoms with van der Waals surface area (Å²) in [5.74, 6) is 1.70. The highest BCUT2D eigenvalue weighted by Crippen LogP contribution is 2.22. The lowest BCUT2D eigenvalue weighted by Crippen LogP contribution is -2.46. The van der Waals surface area contributed by atoms with Crippen LogP contribution in [0.1, 0.15) is 11.3 Å². The number of rotatable bonds is 5. The van der Waals surface area contributed by atoms with E-state index in [0.29, 0.717) is 28.9 Å². The Morgan fingerprint density at radius 3 is 2.51 bits per heavy atom. The highest BCUT2D eigenvalue weighted by Gasteiger charge is 2.21. The topological polar surface area (TPSA) is 101 Å². The summed E-state index contributed by atoms with van der Waals surface area (Å²) < 4.78 is 1.70. The quantitative estimate of drug-likeness (QED) is 0.388. The number of hydrogen-bond donors (Lipinski definition) is 0. The monoisotopic (exact) mass is 464 g/mol. The maximum Gasteiger partial charge on any atom is 0.272 e. The lowest BCUT2D eigenvalue weighted by Gasteiger charge is -2.34. The molecule has 0 bridgehead atoms. The molecule has 6 rings (SSSR count). The maximum absolute atomic E-state index is 4.83. The smallest absolute Gasteiger partial charge is 0.272 e. The van der Waals surface area contributed by atoms with Gasteiger partial charge in [0.05, 0.1) is 11.4 Å². The molecule has 0 saturated carbocycles. The molecule has 0 unspecified atom stereocenters. The van der Waals surface area contributed by atoms with Crippen LogP contribution >= 0.6 is 0 Å². The molecule has 0 aliphatic carbocycles. The van der Waals surface area contributed by atoms with Crippen molar-refractivity contribution in [1.29, 1.82) is 0 Å². The fourth-order valence-corrected chi connectivity index (χ4v) is 4.30. The first-order valence-corrected chi connectivity index (χ1v) is 11.6. The number of nitrogens with zero attached hydrogens (tertiary/aromatic N) is 10. The van der Waals surface area contributed by atoms with Gasteiger partial charge in [0, 0.05) is 56.9 Å². The van der Waals surface area contributed by atoms with Crippen LogP contribution in [0.15, 0.2) is 67.1 Å². The zero-order valence-electron chi connectivity index (χ0n) is 19.4. The van der Waals surface area contributed by atoms with Gasteiger partial charge in [-0.15, -0.1) is 15.3 Å². The molecule has 1 aliphatic heterocycles. The zero-order chi connectivity index (χ0) is 23.6. The number of hydrogen-bond acceptors (Lipinski definition) is 9. The molecule has 0 atom stereocenters. The first-order valence-electron chi connectivity index (χ1n) is 11.6. The van der Waals surface area contributed by atoms with Gasteiger partial charge in [0.1, 0.15) is 5.69 Å². The van der Waals surface area contributed by atoms with E-state index >= 15 is 0 Å². The van der Waals surface area contributed by atoms with Crippen LogP contribution in [0.5, 0.6) is 0 Å². The lowest BCUT2D eigenvalue weighted by molar-refractivity contribution is 0.248. The average molecular weight is 465 g/mol. The minimum absolute atomic E-state index is 0.439. The van der Waals surface area contributed by atoms with Gasteiger partial charge in [0.2, 0.25) is 5.95 Å². The zero-order valence-corrected chi connectivity index (χ0v) is 19.4. The van der Waals surface area contributed by atoms with Gasteiger partial charge < -0.3 is 4.90 Å². The Kier molecular flexibility index (Phi) is 5.55. The van der Waals surface area contributed by atoms with Gasteiger partial charge in [-0.1, -0.05) is 30.3 Å². The van der Waals surface area contributed by atoms with Gasteiger partial charge in [-0.2, -0.15) is 9.50 Å². The number of pyridine rings is 1. The Morgan fingerprint density at radius 2 is 1.71 bits per heavy atom. The summed E-state index contributed by atoms with van der Waals surface area (Å²) in [6.07, 6.45) is 5.23. The summed E-state index contributed by atoms with van der Waals surface area (Å²) >= 11 is 0. The number of aromatic nitrogens is 8. The second kappa shape index (κ2) is 9.15. The summed E-state index contributed by atoms with van der Waals surface area (Å²) in [5.41, 5.74) is 4.35. The lowest BCUT2D eigenvalue weighted by atomic mass is 10.2. The minimum Gasteiger partial charge on any atom is -0.338 e. The van der Waals surface area contributed by atoms with Crippen molar-refractivity contribution in [3.63, 3.8) is 0 Å². The van der Waals surface area contributed by atoms with Crippen LogP contribution in [0.2, 0.25) is 0 Å². The molecule has 10 nitrogen and oxygen atoms in total. The van der Waals surface area contributed by atoms with E-state index in [0.717, 1.165) is 44.0 Å². The molecule has 0 amide bonds. The second-order valence-electron chi connectivity index (χ2n) is 8.51. The Labute approximate surface area is 202 Å². The fourth-order valence-electron chi connectivity index (χ4n) is 4.30. The van der Waals surface area contributed by atoms with Crippen molar-refractivity contribution in [3.05, 3.63) is 78.4 Å². The summed E-state index contributed by atoms with van der Waals surface area (Å²) in [5, 5.41) is 13.3. The van der Waals surface area contributed by atoms with E-state index in [2.05, 4.69) is 70.4 Å². The van der Waals surface area contributed by atoms with Crippen LogP contribution < -0.4 is 4.90 Å². The molecule has 1 saturated heterocycles. The predicted octanol–water partition coefficient (Wildman–Crippen LogP) is 2.67. The van der Waals surface area contributed by atoms with E-state index in [1.807, 2.05) is 25.1 Å². The van der Waals surface area contributed by atoms with E-state index in [-0.39, 0.29) is 0 Å². The molecule has 35 heavy (non-hydrogen) atoms. The second-order valence-corrected chi connectivity index (χ2v) is 8.51. The minimum atomic E-state index is 0.439. The van der Waals surface area contributed by atoms with Gasteiger partial charge in [-0.25, -0.2) is 9.97 Å². The van der Waals surface area contributed by atoms with E-state index in [1.165, 1.54) is 5.56 Å². The summed E-state index contributed by atoms with van der Waals surface area (Å²) in [6, 6.07) is 16.2. The van der Waals surface area contributed by atoms with Gasteiger partial charge >= 0.3 is 0 Å². The molecular weight excluding hydrogens is 440 g/mol. The number of benzene rings is 1. The maximum atomic E-state index is 4.83. The summed E-state index contributed by atoms with van der Waals surface area (Å²) in [7, 11) is 0. The molecule has 0 N–H and O–H groups in total. The third-order valence-electron chi connectivity index (χ3n) is 6.20. The van der Waals surface area contributed by atoms with E-state index in [1.54, 1.807) is 23.1 Å². The molecule has 1 aliphatic rings. The fraction of sp³-hybridized carbons (Fsp3) is 0.240. The predicted molar refractivity (Wildman–Crippen MR) is 132 cm³/mol. The average Bonchev–Trinajstić information content (AvgIpc) is 3.36. The molecule has 10 heteroatoms. The number of fused-ring (bicyclic) bond motifs is 1. The Balaban J connectivity index is 1.22. The molecule has 1 fully saturated rings. The molecule has 1 aromatic carbocycles. The summed E-state index contributed by atoms with van der Waals surface area (Å²) in [6.45, 7) is 6.58. The highest BCUT2D eigenvalue weighted by atomic mass is 15.4. The van der Waals surface area contributed by atoms with Crippen LogP contribution in [-0.2, 0) is 6.54 Å². The molecule has 5 heterocycles. The Hall–Kier alpha value is -4.31. The van der Waals surface area contributed by atoms with Gasteiger partial charge in [-0.3, -0.25) is 9.88 Å². The van der Waals surface area contributed by atoms with Gasteiger partial charge in [0.15, 0.2) is 5.82 Å². The van der Waals surface area contributed by atoms with Crippen molar-refractivity contribution in [2.75, 3.05) is 31.1 Å². The summed E-state index contributed by atoms with van der Waals surface area (Å²) in [4.78, 5) is 22.7. The van der Waals surface area contributed by atoms with Gasteiger partial charge in [-0.05, 0) is 30.7 Å². The van der Waals surface area contributed by atoms with E-state index < -0.39 is 0 Å². The molecule has 4 aromatic heterocycles. The molecular formula is C25H24N10. The van der Waals surface area contributed by atoms with Crippen molar-refractivity contribution >= 4 is 11.7 Å². The van der Waals surface area contributed by atoms with Gasteiger partial charge in [0.25, 0.3) is 5.78 Å². The first-order chi connectivity index (χ1) is 17.2. The molecule has 174 valence electrons. The van der Waals surface area contributed by atoms with Crippen LogP contribution in [0.25, 0.3) is 28.6 Å². The largest absolute Gasteiger partial charge is 0.338 e. The number of piperazine rings is 1. The van der Waals surface area contributed by atoms with Crippen molar-refractivity contribution in [2.45, 2.75) is 13.5 Å². The van der Waals surface area contributed by atoms with Crippen molar-refractivity contribution in [1.82, 2.24) is 44.6 Å². The van der Waals surface area contributed by atoms with Crippen LogP contribution in [0.4, 0.5) is 5.95 Å². The number of anilines is 1. The van der Waals surface area contributed by atoms with Crippen LogP contribution in [0.3, 0.4) is 0 Å². The molecule has 5 aromatic rings. The normalized spacial score (nSPS) is 14.5. The van der Waals surface area contributed by atoms with Crippen LogP contribution in [0, 0.1) is 6.92 Å². The van der Waals surface area contributed by atoms with Crippen molar-refractivity contribution in [2.24, 2.45) is 0 Å².